The molecule has 0 fully saturated rings. The van der Waals surface area contributed by atoms with Gasteiger partial charge in [-0.2, -0.15) is 0 Å². The standard InChI is InChI=1S/C17H16F3N3O3/c18-17(19,20)26-14-8-4-7-13(11-14)23-16(25)22-10-9-21-15(24)12-5-2-1-3-6-12/h1-8,11H,9-10H2,(H,21,24)(H2,22,23,25). The number of carbonyl (C=O) groups excluding carboxylic acids is 2. The molecule has 0 heterocycles. The summed E-state index contributed by atoms with van der Waals surface area (Å²) in [6, 6.07) is 12.8. The average molecular weight is 367 g/mol. The number of rotatable bonds is 6. The molecule has 0 aliphatic rings. The maximum Gasteiger partial charge on any atom is 0.573 e. The molecule has 0 saturated carbocycles. The lowest BCUT2D eigenvalue weighted by atomic mass is 10.2. The number of amides is 3. The van der Waals surface area contributed by atoms with Crippen LogP contribution in [0, 0.1) is 0 Å². The van der Waals surface area contributed by atoms with Gasteiger partial charge in [-0.15, -0.1) is 13.2 Å². The summed E-state index contributed by atoms with van der Waals surface area (Å²) in [5.74, 6) is -0.713. The molecule has 0 aliphatic heterocycles. The summed E-state index contributed by atoms with van der Waals surface area (Å²) in [6.07, 6.45) is -4.81. The van der Waals surface area contributed by atoms with E-state index in [1.165, 1.54) is 12.1 Å². The Balaban J connectivity index is 1.74. The summed E-state index contributed by atoms with van der Waals surface area (Å²) in [6.45, 7) is 0.335. The Kier molecular flexibility index (Phi) is 6.42. The lowest BCUT2D eigenvalue weighted by Gasteiger charge is -2.11. The van der Waals surface area contributed by atoms with E-state index in [2.05, 4.69) is 20.7 Å². The van der Waals surface area contributed by atoms with E-state index in [1.54, 1.807) is 30.3 Å². The molecule has 9 heteroatoms. The number of benzene rings is 2. The Hall–Kier alpha value is -3.23. The number of ether oxygens (including phenoxy) is 1. The Morgan fingerprint density at radius 2 is 1.62 bits per heavy atom. The Morgan fingerprint density at radius 1 is 0.923 bits per heavy atom. The highest BCUT2D eigenvalue weighted by Gasteiger charge is 2.31. The highest BCUT2D eigenvalue weighted by atomic mass is 19.4. The van der Waals surface area contributed by atoms with Crippen LogP contribution in [0.5, 0.6) is 5.75 Å². The largest absolute Gasteiger partial charge is 0.573 e. The first-order chi connectivity index (χ1) is 12.3. The van der Waals surface area contributed by atoms with Gasteiger partial charge in [0.1, 0.15) is 5.75 Å². The fourth-order valence-electron chi connectivity index (χ4n) is 1.99. The van der Waals surface area contributed by atoms with Crippen LogP contribution < -0.4 is 20.7 Å². The van der Waals surface area contributed by atoms with Crippen molar-refractivity contribution in [1.82, 2.24) is 10.6 Å². The molecule has 3 amide bonds. The fraction of sp³-hybridized carbons (Fsp3) is 0.176. The van der Waals surface area contributed by atoms with Crippen molar-refractivity contribution in [3.63, 3.8) is 0 Å². The minimum atomic E-state index is -4.81. The Morgan fingerprint density at radius 3 is 2.31 bits per heavy atom. The second-order valence-electron chi connectivity index (χ2n) is 5.08. The van der Waals surface area contributed by atoms with Gasteiger partial charge >= 0.3 is 12.4 Å². The van der Waals surface area contributed by atoms with Gasteiger partial charge in [0.25, 0.3) is 5.91 Å². The van der Waals surface area contributed by atoms with Crippen LogP contribution in [0.15, 0.2) is 54.6 Å². The Labute approximate surface area is 147 Å². The predicted octanol–water partition coefficient (Wildman–Crippen LogP) is 3.14. The molecule has 0 aromatic heterocycles. The van der Waals surface area contributed by atoms with Gasteiger partial charge in [-0.25, -0.2) is 4.79 Å². The van der Waals surface area contributed by atoms with Gasteiger partial charge < -0.3 is 20.7 Å². The van der Waals surface area contributed by atoms with E-state index in [4.69, 9.17) is 0 Å². The van der Waals surface area contributed by atoms with Crippen molar-refractivity contribution < 1.29 is 27.5 Å². The van der Waals surface area contributed by atoms with Crippen LogP contribution >= 0.6 is 0 Å². The zero-order chi connectivity index (χ0) is 19.0. The van der Waals surface area contributed by atoms with E-state index < -0.39 is 18.1 Å². The van der Waals surface area contributed by atoms with E-state index >= 15 is 0 Å². The topological polar surface area (TPSA) is 79.5 Å². The summed E-state index contributed by atoms with van der Waals surface area (Å²) in [5.41, 5.74) is 0.635. The second-order valence-corrected chi connectivity index (χ2v) is 5.08. The minimum Gasteiger partial charge on any atom is -0.406 e. The van der Waals surface area contributed by atoms with E-state index in [9.17, 15) is 22.8 Å². The number of alkyl halides is 3. The van der Waals surface area contributed by atoms with Crippen molar-refractivity contribution in [2.24, 2.45) is 0 Å². The molecule has 0 aliphatic carbocycles. The SMILES string of the molecule is O=C(NCCNC(=O)c1ccccc1)Nc1cccc(OC(F)(F)F)c1. The maximum absolute atomic E-state index is 12.2. The number of hydrogen-bond donors (Lipinski definition) is 3. The normalized spacial score (nSPS) is 10.7. The summed E-state index contributed by atoms with van der Waals surface area (Å²) >= 11 is 0. The van der Waals surface area contributed by atoms with Crippen molar-refractivity contribution in [2.45, 2.75) is 6.36 Å². The molecule has 2 aromatic rings. The highest BCUT2D eigenvalue weighted by molar-refractivity contribution is 5.94. The molecular weight excluding hydrogens is 351 g/mol. The highest BCUT2D eigenvalue weighted by Crippen LogP contribution is 2.24. The van der Waals surface area contributed by atoms with Crippen molar-refractivity contribution in [3.05, 3.63) is 60.2 Å². The van der Waals surface area contributed by atoms with Gasteiger partial charge in [-0.05, 0) is 24.3 Å². The van der Waals surface area contributed by atoms with E-state index in [0.717, 1.165) is 12.1 Å². The zero-order valence-corrected chi connectivity index (χ0v) is 13.5. The third kappa shape index (κ3) is 6.71. The fourth-order valence-corrected chi connectivity index (χ4v) is 1.99. The molecule has 2 aromatic carbocycles. The number of halogens is 3. The van der Waals surface area contributed by atoms with Gasteiger partial charge in [0.15, 0.2) is 0 Å². The summed E-state index contributed by atoms with van der Waals surface area (Å²) in [5, 5.41) is 7.48. The van der Waals surface area contributed by atoms with Gasteiger partial charge in [0.05, 0.1) is 0 Å². The molecule has 0 radical (unpaired) electrons. The number of hydrogen-bond acceptors (Lipinski definition) is 3. The van der Waals surface area contributed by atoms with Crippen LogP contribution in [0.1, 0.15) is 10.4 Å². The molecule has 0 spiro atoms. The van der Waals surface area contributed by atoms with Crippen molar-refractivity contribution in [1.29, 1.82) is 0 Å². The van der Waals surface area contributed by atoms with Crippen molar-refractivity contribution in [3.8, 4) is 5.75 Å². The molecule has 2 rings (SSSR count). The monoisotopic (exact) mass is 367 g/mol. The summed E-state index contributed by atoms with van der Waals surface area (Å²) in [7, 11) is 0. The van der Waals surface area contributed by atoms with Crippen molar-refractivity contribution >= 4 is 17.6 Å². The first-order valence-electron chi connectivity index (χ1n) is 7.57. The lowest BCUT2D eigenvalue weighted by Crippen LogP contribution is -2.36. The van der Waals surface area contributed by atoms with Crippen molar-refractivity contribution in [2.75, 3.05) is 18.4 Å². The first kappa shape index (κ1) is 19.1. The van der Waals surface area contributed by atoms with Crippen LogP contribution in [0.3, 0.4) is 0 Å². The van der Waals surface area contributed by atoms with Crippen LogP contribution in [-0.4, -0.2) is 31.4 Å². The number of nitrogens with one attached hydrogen (secondary N) is 3. The zero-order valence-electron chi connectivity index (χ0n) is 13.5. The van der Waals surface area contributed by atoms with Gasteiger partial charge in [0, 0.05) is 30.4 Å². The van der Waals surface area contributed by atoms with Crippen LogP contribution in [-0.2, 0) is 0 Å². The number of urea groups is 1. The average Bonchev–Trinajstić information content (AvgIpc) is 2.58. The van der Waals surface area contributed by atoms with Crippen LogP contribution in [0.2, 0.25) is 0 Å². The Bertz CT molecular complexity index is 752. The molecule has 0 atom stereocenters. The second kappa shape index (κ2) is 8.75. The number of anilines is 1. The molecule has 0 saturated heterocycles. The third-order valence-corrected chi connectivity index (χ3v) is 3.06. The smallest absolute Gasteiger partial charge is 0.406 e. The quantitative estimate of drug-likeness (QED) is 0.687. The predicted molar refractivity (Wildman–Crippen MR) is 88.9 cm³/mol. The lowest BCUT2D eigenvalue weighted by molar-refractivity contribution is -0.274. The summed E-state index contributed by atoms with van der Waals surface area (Å²) in [4.78, 5) is 23.5. The van der Waals surface area contributed by atoms with E-state index in [-0.39, 0.29) is 24.7 Å². The third-order valence-electron chi connectivity index (χ3n) is 3.06. The molecule has 6 nitrogen and oxygen atoms in total. The van der Waals surface area contributed by atoms with E-state index in [0.29, 0.717) is 5.56 Å². The van der Waals surface area contributed by atoms with E-state index in [1.807, 2.05) is 0 Å². The van der Waals surface area contributed by atoms with Crippen LogP contribution in [0.25, 0.3) is 0 Å². The molecule has 0 unspecified atom stereocenters. The molecular formula is C17H16F3N3O3. The summed E-state index contributed by atoms with van der Waals surface area (Å²) < 4.78 is 40.3. The minimum absolute atomic E-state index is 0.137. The molecule has 26 heavy (non-hydrogen) atoms. The molecule has 138 valence electrons. The van der Waals surface area contributed by atoms with Gasteiger partial charge in [-0.1, -0.05) is 24.3 Å². The van der Waals surface area contributed by atoms with Gasteiger partial charge in [0.2, 0.25) is 0 Å². The van der Waals surface area contributed by atoms with Gasteiger partial charge in [-0.3, -0.25) is 4.79 Å². The van der Waals surface area contributed by atoms with Crippen LogP contribution in [0.4, 0.5) is 23.7 Å². The number of carbonyl (C=O) groups is 2. The molecule has 0 bridgehead atoms. The first-order valence-corrected chi connectivity index (χ1v) is 7.57. The maximum atomic E-state index is 12.2. The molecule has 3 N–H and O–H groups in total.